The maximum atomic E-state index is 12.1. The predicted octanol–water partition coefficient (Wildman–Crippen LogP) is 2.22. The van der Waals surface area contributed by atoms with Crippen LogP contribution in [0.2, 0.25) is 0 Å². The van der Waals surface area contributed by atoms with E-state index in [-0.39, 0.29) is 11.9 Å². The summed E-state index contributed by atoms with van der Waals surface area (Å²) in [5.74, 6) is 0.641. The van der Waals surface area contributed by atoms with E-state index in [1.165, 1.54) is 7.11 Å². The first-order chi connectivity index (χ1) is 13.5. The number of carbonyl (C=O) groups is 2. The molecule has 7 heteroatoms. The third-order valence-electron chi connectivity index (χ3n) is 4.17. The Morgan fingerprint density at radius 1 is 1.14 bits per heavy atom. The van der Waals surface area contributed by atoms with Crippen molar-refractivity contribution < 1.29 is 14.3 Å². The zero-order valence-electron chi connectivity index (χ0n) is 17.6. The van der Waals surface area contributed by atoms with Crippen molar-refractivity contribution in [3.8, 4) is 0 Å². The van der Waals surface area contributed by atoms with Gasteiger partial charge < -0.3 is 20.3 Å². The molecule has 0 unspecified atom stereocenters. The molecule has 0 saturated carbocycles. The van der Waals surface area contributed by atoms with Crippen LogP contribution in [0.1, 0.15) is 48.5 Å². The van der Waals surface area contributed by atoms with Crippen LogP contribution in [0.4, 0.5) is 0 Å². The number of amides is 1. The molecular weight excluding hydrogens is 356 g/mol. The lowest BCUT2D eigenvalue weighted by molar-refractivity contribution is -0.140. The van der Waals surface area contributed by atoms with E-state index in [2.05, 4.69) is 20.4 Å². The third-order valence-corrected chi connectivity index (χ3v) is 4.17. The number of rotatable bonds is 11. The number of nitrogens with one attached hydrogen (secondary N) is 2. The molecule has 1 aromatic carbocycles. The number of guanidine groups is 1. The first-order valence-electron chi connectivity index (χ1n) is 9.87. The molecule has 0 radical (unpaired) electrons. The molecule has 0 heterocycles. The van der Waals surface area contributed by atoms with Crippen LogP contribution in [-0.2, 0) is 16.0 Å². The van der Waals surface area contributed by atoms with Crippen molar-refractivity contribution >= 4 is 17.8 Å². The first kappa shape index (κ1) is 23.5. The van der Waals surface area contributed by atoms with Crippen LogP contribution in [0.3, 0.4) is 0 Å². The van der Waals surface area contributed by atoms with E-state index < -0.39 is 0 Å². The Kier molecular flexibility index (Phi) is 11.4. The number of nitrogens with zero attached hydrogens (tertiary/aromatic N) is 2. The first-order valence-corrected chi connectivity index (χ1v) is 9.87. The molecule has 0 aliphatic heterocycles. The van der Waals surface area contributed by atoms with Crippen molar-refractivity contribution in [3.05, 3.63) is 35.4 Å². The highest BCUT2D eigenvalue weighted by molar-refractivity contribution is 5.94. The highest BCUT2D eigenvalue weighted by Gasteiger charge is 2.08. The number of ether oxygens (including phenoxy) is 1. The van der Waals surface area contributed by atoms with E-state index in [1.54, 1.807) is 19.0 Å². The summed E-state index contributed by atoms with van der Waals surface area (Å²) < 4.78 is 4.63. The van der Waals surface area contributed by atoms with E-state index in [4.69, 9.17) is 0 Å². The summed E-state index contributed by atoms with van der Waals surface area (Å²) in [5.41, 5.74) is 1.81. The Morgan fingerprint density at radius 2 is 1.93 bits per heavy atom. The topological polar surface area (TPSA) is 83.0 Å². The Morgan fingerprint density at radius 3 is 2.61 bits per heavy atom. The molecule has 0 bridgehead atoms. The number of hydrogen-bond acceptors (Lipinski definition) is 4. The molecule has 7 nitrogen and oxygen atoms in total. The molecule has 0 atom stereocenters. The van der Waals surface area contributed by atoms with Gasteiger partial charge >= 0.3 is 5.97 Å². The smallest absolute Gasteiger partial charge is 0.305 e. The summed E-state index contributed by atoms with van der Waals surface area (Å²) in [6.45, 7) is 4.27. The number of esters is 1. The molecule has 1 aromatic rings. The molecule has 28 heavy (non-hydrogen) atoms. The van der Waals surface area contributed by atoms with E-state index in [0.29, 0.717) is 18.5 Å². The molecular formula is C21H34N4O3. The van der Waals surface area contributed by atoms with Gasteiger partial charge in [0.05, 0.1) is 7.11 Å². The van der Waals surface area contributed by atoms with Crippen LogP contribution in [-0.4, -0.2) is 63.6 Å². The fourth-order valence-corrected chi connectivity index (χ4v) is 2.64. The number of benzene rings is 1. The van der Waals surface area contributed by atoms with Crippen LogP contribution >= 0.6 is 0 Å². The molecule has 0 aliphatic carbocycles. The Labute approximate surface area is 168 Å². The normalized spacial score (nSPS) is 11.1. The highest BCUT2D eigenvalue weighted by Crippen LogP contribution is 2.08. The van der Waals surface area contributed by atoms with Gasteiger partial charge in [-0.1, -0.05) is 18.6 Å². The Balaban J connectivity index is 2.41. The predicted molar refractivity (Wildman–Crippen MR) is 113 cm³/mol. The maximum Gasteiger partial charge on any atom is 0.305 e. The average Bonchev–Trinajstić information content (AvgIpc) is 2.69. The minimum atomic E-state index is -0.158. The second kappa shape index (κ2) is 13.6. The Hall–Kier alpha value is -2.57. The molecule has 2 N–H and O–H groups in total. The monoisotopic (exact) mass is 390 g/mol. The summed E-state index contributed by atoms with van der Waals surface area (Å²) in [6, 6.07) is 7.72. The van der Waals surface area contributed by atoms with Gasteiger partial charge in [-0.05, 0) is 43.9 Å². The largest absolute Gasteiger partial charge is 0.469 e. The lowest BCUT2D eigenvalue weighted by Gasteiger charge is -2.13. The van der Waals surface area contributed by atoms with Crippen LogP contribution in [0.5, 0.6) is 0 Å². The van der Waals surface area contributed by atoms with E-state index in [9.17, 15) is 9.59 Å². The van der Waals surface area contributed by atoms with Gasteiger partial charge in [-0.25, -0.2) is 0 Å². The number of methoxy groups -OCH3 is 1. The van der Waals surface area contributed by atoms with Gasteiger partial charge in [-0.2, -0.15) is 0 Å². The summed E-state index contributed by atoms with van der Waals surface area (Å²) in [6.07, 6.45) is 3.98. The van der Waals surface area contributed by atoms with Crippen LogP contribution in [0.15, 0.2) is 29.3 Å². The molecule has 0 spiro atoms. The second-order valence-electron chi connectivity index (χ2n) is 6.72. The summed E-state index contributed by atoms with van der Waals surface area (Å²) in [5, 5.41) is 6.56. The lowest BCUT2D eigenvalue weighted by atomic mass is 10.1. The van der Waals surface area contributed by atoms with Crippen molar-refractivity contribution in [2.24, 2.45) is 4.99 Å². The second-order valence-corrected chi connectivity index (χ2v) is 6.72. The fraction of sp³-hybridized carbons (Fsp3) is 0.571. The molecule has 0 saturated heterocycles. The maximum absolute atomic E-state index is 12.1. The highest BCUT2D eigenvalue weighted by atomic mass is 16.5. The van der Waals surface area contributed by atoms with Crippen LogP contribution in [0, 0.1) is 0 Å². The molecule has 0 fully saturated rings. The van der Waals surface area contributed by atoms with Gasteiger partial charge in [-0.3, -0.25) is 14.6 Å². The van der Waals surface area contributed by atoms with Crippen molar-refractivity contribution in [2.75, 3.05) is 40.8 Å². The summed E-state index contributed by atoms with van der Waals surface area (Å²) in [4.78, 5) is 29.3. The SMILES string of the molecule is CCNC(=NCCCCCC(=O)OC)NCCc1cccc(C(=O)N(C)C)c1. The van der Waals surface area contributed by atoms with Gasteiger partial charge in [0.1, 0.15) is 0 Å². The molecule has 1 amide bonds. The molecule has 0 aromatic heterocycles. The van der Waals surface area contributed by atoms with E-state index in [0.717, 1.165) is 50.3 Å². The van der Waals surface area contributed by atoms with Crippen LogP contribution < -0.4 is 10.6 Å². The summed E-state index contributed by atoms with van der Waals surface area (Å²) in [7, 11) is 4.92. The lowest BCUT2D eigenvalue weighted by Crippen LogP contribution is -2.38. The minimum absolute atomic E-state index is 0.0110. The number of unbranched alkanes of at least 4 members (excludes halogenated alkanes) is 2. The molecule has 0 aliphatic rings. The standard InChI is InChI=1S/C21H34N4O3/c1-5-22-21(23-14-8-6-7-12-19(26)28-4)24-15-13-17-10-9-11-18(16-17)20(27)25(2)3/h9-11,16H,5-8,12-15H2,1-4H3,(H2,22,23,24). The van der Waals surface area contributed by atoms with Gasteiger partial charge in [0.2, 0.25) is 0 Å². The van der Waals surface area contributed by atoms with Crippen molar-refractivity contribution in [3.63, 3.8) is 0 Å². The third kappa shape index (κ3) is 9.39. The van der Waals surface area contributed by atoms with E-state index >= 15 is 0 Å². The summed E-state index contributed by atoms with van der Waals surface area (Å²) >= 11 is 0. The van der Waals surface area contributed by atoms with Gasteiger partial charge in [0, 0.05) is 45.7 Å². The van der Waals surface area contributed by atoms with Gasteiger partial charge in [-0.15, -0.1) is 0 Å². The molecule has 1 rings (SSSR count). The van der Waals surface area contributed by atoms with Gasteiger partial charge in [0.15, 0.2) is 5.96 Å². The average molecular weight is 391 g/mol. The van der Waals surface area contributed by atoms with Crippen molar-refractivity contribution in [1.82, 2.24) is 15.5 Å². The minimum Gasteiger partial charge on any atom is -0.469 e. The quantitative estimate of drug-likeness (QED) is 0.262. The number of hydrogen-bond donors (Lipinski definition) is 2. The number of carbonyl (C=O) groups excluding carboxylic acids is 2. The van der Waals surface area contributed by atoms with Gasteiger partial charge in [0.25, 0.3) is 5.91 Å². The number of aliphatic imine (C=N–C) groups is 1. The van der Waals surface area contributed by atoms with Crippen molar-refractivity contribution in [1.29, 1.82) is 0 Å². The van der Waals surface area contributed by atoms with E-state index in [1.807, 2.05) is 31.2 Å². The zero-order valence-corrected chi connectivity index (χ0v) is 17.6. The zero-order chi connectivity index (χ0) is 20.8. The van der Waals surface area contributed by atoms with Crippen LogP contribution in [0.25, 0.3) is 0 Å². The Bertz CT molecular complexity index is 644. The fourth-order valence-electron chi connectivity index (χ4n) is 2.64. The van der Waals surface area contributed by atoms with Crippen molar-refractivity contribution in [2.45, 2.75) is 39.0 Å². The molecule has 156 valence electrons.